The Morgan fingerprint density at radius 3 is 2.71 bits per heavy atom. The average molecular weight is 241 g/mol. The molecule has 0 aromatic heterocycles. The zero-order valence-corrected chi connectivity index (χ0v) is 9.91. The van der Waals surface area contributed by atoms with Gasteiger partial charge in [-0.15, -0.1) is 0 Å². The second-order valence-corrected chi connectivity index (χ2v) is 4.15. The molecule has 0 aliphatic carbocycles. The van der Waals surface area contributed by atoms with Crippen LogP contribution in [0.2, 0.25) is 0 Å². The molecule has 1 rings (SSSR count). The van der Waals surface area contributed by atoms with E-state index in [0.29, 0.717) is 13.0 Å². The number of hydrogen-bond donors (Lipinski definition) is 2. The van der Waals surface area contributed by atoms with Crippen molar-refractivity contribution in [1.82, 2.24) is 10.2 Å². The van der Waals surface area contributed by atoms with Gasteiger partial charge in [-0.1, -0.05) is 0 Å². The number of carbonyl (C=O) groups is 3. The monoisotopic (exact) mass is 241 g/mol. The van der Waals surface area contributed by atoms with Crippen molar-refractivity contribution < 1.29 is 14.4 Å². The molecular weight excluding hydrogens is 222 g/mol. The van der Waals surface area contributed by atoms with Crippen LogP contribution in [0.1, 0.15) is 32.1 Å². The Morgan fingerprint density at radius 1 is 1.29 bits per heavy atom. The lowest BCUT2D eigenvalue weighted by atomic mass is 10.1. The molecule has 0 atom stereocenters. The van der Waals surface area contributed by atoms with Gasteiger partial charge in [0.2, 0.25) is 17.7 Å². The van der Waals surface area contributed by atoms with E-state index in [9.17, 15) is 14.4 Å². The van der Waals surface area contributed by atoms with E-state index >= 15 is 0 Å². The summed E-state index contributed by atoms with van der Waals surface area (Å²) in [6.07, 6.45) is 2.97. The highest BCUT2D eigenvalue weighted by molar-refractivity contribution is 5.80. The SMILES string of the molecule is NC(=O)CCNC(=O)CCN1CCCCC1=O. The Hall–Kier alpha value is -1.59. The third kappa shape index (κ3) is 5.33. The van der Waals surface area contributed by atoms with Gasteiger partial charge in [-0.25, -0.2) is 0 Å². The van der Waals surface area contributed by atoms with Gasteiger partial charge >= 0.3 is 0 Å². The van der Waals surface area contributed by atoms with E-state index in [1.807, 2.05) is 0 Å². The summed E-state index contributed by atoms with van der Waals surface area (Å²) in [6, 6.07) is 0. The van der Waals surface area contributed by atoms with E-state index in [0.717, 1.165) is 19.4 Å². The standard InChI is InChI=1S/C11H19N3O3/c12-9(15)4-6-13-10(16)5-8-14-7-2-1-3-11(14)17/h1-8H2,(H2,12,15)(H,13,16). The van der Waals surface area contributed by atoms with Crippen LogP contribution in [0.25, 0.3) is 0 Å². The Labute approximate surface area is 101 Å². The first kappa shape index (κ1) is 13.5. The molecule has 1 aliphatic heterocycles. The zero-order chi connectivity index (χ0) is 12.7. The average Bonchev–Trinajstić information content (AvgIpc) is 2.27. The second-order valence-electron chi connectivity index (χ2n) is 4.15. The minimum Gasteiger partial charge on any atom is -0.370 e. The number of rotatable bonds is 6. The fraction of sp³-hybridized carbons (Fsp3) is 0.727. The lowest BCUT2D eigenvalue weighted by molar-refractivity contribution is -0.133. The van der Waals surface area contributed by atoms with E-state index < -0.39 is 5.91 Å². The lowest BCUT2D eigenvalue weighted by Gasteiger charge is -2.26. The van der Waals surface area contributed by atoms with Gasteiger partial charge in [0.15, 0.2) is 0 Å². The largest absolute Gasteiger partial charge is 0.370 e. The number of nitrogens with one attached hydrogen (secondary N) is 1. The fourth-order valence-corrected chi connectivity index (χ4v) is 1.75. The zero-order valence-electron chi connectivity index (χ0n) is 9.91. The number of nitrogens with two attached hydrogens (primary N) is 1. The molecule has 0 saturated carbocycles. The van der Waals surface area contributed by atoms with E-state index in [1.54, 1.807) is 4.90 Å². The van der Waals surface area contributed by atoms with Crippen molar-refractivity contribution in [3.05, 3.63) is 0 Å². The van der Waals surface area contributed by atoms with Crippen molar-refractivity contribution in [2.45, 2.75) is 32.1 Å². The van der Waals surface area contributed by atoms with Gasteiger partial charge in [-0.2, -0.15) is 0 Å². The van der Waals surface area contributed by atoms with Crippen molar-refractivity contribution in [3.8, 4) is 0 Å². The molecule has 0 bridgehead atoms. The van der Waals surface area contributed by atoms with E-state index in [1.165, 1.54) is 0 Å². The van der Waals surface area contributed by atoms with Gasteiger partial charge < -0.3 is 16.0 Å². The number of nitrogens with zero attached hydrogens (tertiary/aromatic N) is 1. The Balaban J connectivity index is 2.14. The van der Waals surface area contributed by atoms with Crippen molar-refractivity contribution in [2.75, 3.05) is 19.6 Å². The summed E-state index contributed by atoms with van der Waals surface area (Å²) in [6.45, 7) is 1.47. The first-order chi connectivity index (χ1) is 8.09. The maximum Gasteiger partial charge on any atom is 0.222 e. The van der Waals surface area contributed by atoms with Gasteiger partial charge in [-0.3, -0.25) is 14.4 Å². The van der Waals surface area contributed by atoms with Crippen LogP contribution in [0.5, 0.6) is 0 Å². The number of hydrogen-bond acceptors (Lipinski definition) is 3. The second kappa shape index (κ2) is 6.88. The summed E-state index contributed by atoms with van der Waals surface area (Å²) in [5, 5.41) is 2.59. The third-order valence-electron chi connectivity index (χ3n) is 2.72. The van der Waals surface area contributed by atoms with Crippen molar-refractivity contribution >= 4 is 17.7 Å². The number of amides is 3. The topological polar surface area (TPSA) is 92.5 Å². The number of carbonyl (C=O) groups excluding carboxylic acids is 3. The van der Waals surface area contributed by atoms with Crippen molar-refractivity contribution in [2.24, 2.45) is 5.73 Å². The maximum absolute atomic E-state index is 11.4. The Kier molecular flexibility index (Phi) is 5.45. The molecule has 1 saturated heterocycles. The Bertz CT molecular complexity index is 304. The molecule has 1 heterocycles. The quantitative estimate of drug-likeness (QED) is 0.649. The molecule has 1 fully saturated rings. The highest BCUT2D eigenvalue weighted by Crippen LogP contribution is 2.10. The molecule has 96 valence electrons. The molecule has 0 radical (unpaired) electrons. The normalized spacial score (nSPS) is 15.8. The summed E-state index contributed by atoms with van der Waals surface area (Å²) < 4.78 is 0. The highest BCUT2D eigenvalue weighted by Gasteiger charge is 2.18. The smallest absolute Gasteiger partial charge is 0.222 e. The summed E-state index contributed by atoms with van der Waals surface area (Å²) in [5.74, 6) is -0.456. The van der Waals surface area contributed by atoms with Crippen LogP contribution in [0, 0.1) is 0 Å². The van der Waals surface area contributed by atoms with Crippen LogP contribution in [0.4, 0.5) is 0 Å². The van der Waals surface area contributed by atoms with E-state index in [4.69, 9.17) is 5.73 Å². The summed E-state index contributed by atoms with van der Waals surface area (Å²) >= 11 is 0. The third-order valence-corrected chi connectivity index (χ3v) is 2.72. The summed E-state index contributed by atoms with van der Waals surface area (Å²) in [4.78, 5) is 35.0. The molecule has 0 aromatic carbocycles. The molecular formula is C11H19N3O3. The first-order valence-electron chi connectivity index (χ1n) is 5.92. The Morgan fingerprint density at radius 2 is 2.06 bits per heavy atom. The fourth-order valence-electron chi connectivity index (χ4n) is 1.75. The maximum atomic E-state index is 11.4. The minimum absolute atomic E-state index is 0.126. The van der Waals surface area contributed by atoms with Gasteiger partial charge in [0.1, 0.15) is 0 Å². The molecule has 0 unspecified atom stereocenters. The van der Waals surface area contributed by atoms with Crippen LogP contribution in [-0.4, -0.2) is 42.3 Å². The van der Waals surface area contributed by atoms with Crippen LogP contribution < -0.4 is 11.1 Å². The predicted molar refractivity (Wildman–Crippen MR) is 61.9 cm³/mol. The molecule has 0 aromatic rings. The molecule has 6 nitrogen and oxygen atoms in total. The molecule has 3 amide bonds. The molecule has 6 heteroatoms. The highest BCUT2D eigenvalue weighted by atomic mass is 16.2. The van der Waals surface area contributed by atoms with Crippen molar-refractivity contribution in [1.29, 1.82) is 0 Å². The lowest BCUT2D eigenvalue weighted by Crippen LogP contribution is -2.38. The molecule has 17 heavy (non-hydrogen) atoms. The minimum atomic E-state index is -0.434. The van der Waals surface area contributed by atoms with Gasteiger partial charge in [0.05, 0.1) is 0 Å². The van der Waals surface area contributed by atoms with Crippen LogP contribution >= 0.6 is 0 Å². The molecule has 0 spiro atoms. The van der Waals surface area contributed by atoms with Crippen LogP contribution in [0.3, 0.4) is 0 Å². The van der Waals surface area contributed by atoms with Gasteiger partial charge in [0, 0.05) is 38.9 Å². The molecule has 1 aliphatic rings. The molecule has 3 N–H and O–H groups in total. The summed E-state index contributed by atoms with van der Waals surface area (Å²) in [7, 11) is 0. The number of likely N-dealkylation sites (tertiary alicyclic amines) is 1. The number of piperidine rings is 1. The summed E-state index contributed by atoms with van der Waals surface area (Å²) in [5.41, 5.74) is 4.94. The van der Waals surface area contributed by atoms with E-state index in [2.05, 4.69) is 5.32 Å². The number of primary amides is 1. The van der Waals surface area contributed by atoms with Crippen molar-refractivity contribution in [3.63, 3.8) is 0 Å². The first-order valence-corrected chi connectivity index (χ1v) is 5.92. The van der Waals surface area contributed by atoms with Crippen LogP contribution in [-0.2, 0) is 14.4 Å². The predicted octanol–water partition coefficient (Wildman–Crippen LogP) is -0.619. The van der Waals surface area contributed by atoms with Gasteiger partial charge in [-0.05, 0) is 12.8 Å². The van der Waals surface area contributed by atoms with Crippen LogP contribution in [0.15, 0.2) is 0 Å². The van der Waals surface area contributed by atoms with Gasteiger partial charge in [0.25, 0.3) is 0 Å². The van der Waals surface area contributed by atoms with E-state index in [-0.39, 0.29) is 31.2 Å².